The summed E-state index contributed by atoms with van der Waals surface area (Å²) in [6, 6.07) is 10.2. The molecule has 0 spiro atoms. The monoisotopic (exact) mass is 283 g/mol. The fourth-order valence-corrected chi connectivity index (χ4v) is 3.58. The second-order valence-corrected chi connectivity index (χ2v) is 6.39. The van der Waals surface area contributed by atoms with Gasteiger partial charge < -0.3 is 4.90 Å². The number of rotatable bonds is 3. The summed E-state index contributed by atoms with van der Waals surface area (Å²) in [5.74, 6) is 0.627. The zero-order valence-electron chi connectivity index (χ0n) is 12.8. The number of carbonyl (C=O) groups is 1. The van der Waals surface area contributed by atoms with Crippen LogP contribution >= 0.6 is 0 Å². The second kappa shape index (κ2) is 7.04. The molecule has 2 fully saturated rings. The van der Waals surface area contributed by atoms with E-state index >= 15 is 0 Å². The predicted octanol–water partition coefficient (Wildman–Crippen LogP) is 3.93. The lowest BCUT2D eigenvalue weighted by atomic mass is 9.83. The quantitative estimate of drug-likeness (QED) is 0.784. The van der Waals surface area contributed by atoms with Gasteiger partial charge in [-0.25, -0.2) is 0 Å². The van der Waals surface area contributed by atoms with Crippen LogP contribution in [0.1, 0.15) is 44.1 Å². The summed E-state index contributed by atoms with van der Waals surface area (Å²) in [5, 5.41) is 0. The Morgan fingerprint density at radius 2 is 1.81 bits per heavy atom. The van der Waals surface area contributed by atoms with Crippen molar-refractivity contribution in [3.63, 3.8) is 0 Å². The first-order valence-electron chi connectivity index (χ1n) is 8.35. The third-order valence-corrected chi connectivity index (χ3v) is 4.75. The Morgan fingerprint density at radius 3 is 2.57 bits per heavy atom. The lowest BCUT2D eigenvalue weighted by Gasteiger charge is -2.32. The molecule has 1 saturated carbocycles. The van der Waals surface area contributed by atoms with Crippen LogP contribution in [-0.2, 0) is 4.79 Å². The zero-order chi connectivity index (χ0) is 14.5. The van der Waals surface area contributed by atoms with E-state index in [1.165, 1.54) is 32.4 Å². The molecule has 0 unspecified atom stereocenters. The molecule has 112 valence electrons. The van der Waals surface area contributed by atoms with Gasteiger partial charge in [-0.1, -0.05) is 36.8 Å². The third-order valence-electron chi connectivity index (χ3n) is 4.75. The Labute approximate surface area is 127 Å². The van der Waals surface area contributed by atoms with Crippen LogP contribution < -0.4 is 0 Å². The van der Waals surface area contributed by atoms with Gasteiger partial charge in [0.25, 0.3) is 0 Å². The largest absolute Gasteiger partial charge is 0.303 e. The van der Waals surface area contributed by atoms with E-state index in [1.54, 1.807) is 0 Å². The molecule has 0 radical (unpaired) electrons. The molecular weight excluding hydrogens is 258 g/mol. The van der Waals surface area contributed by atoms with Gasteiger partial charge in [-0.05, 0) is 62.4 Å². The molecule has 0 amide bonds. The first kappa shape index (κ1) is 14.5. The van der Waals surface area contributed by atoms with Crippen molar-refractivity contribution in [1.82, 2.24) is 4.90 Å². The highest BCUT2D eigenvalue weighted by Gasteiger charge is 2.28. The zero-order valence-corrected chi connectivity index (χ0v) is 12.8. The Kier molecular flexibility index (Phi) is 4.87. The fraction of sp³-hybridized carbons (Fsp3) is 0.526. The van der Waals surface area contributed by atoms with Crippen LogP contribution in [0.2, 0.25) is 0 Å². The molecule has 1 aliphatic carbocycles. The van der Waals surface area contributed by atoms with E-state index in [0.29, 0.717) is 5.78 Å². The summed E-state index contributed by atoms with van der Waals surface area (Å²) in [6.45, 7) is 3.34. The summed E-state index contributed by atoms with van der Waals surface area (Å²) < 4.78 is 0. The van der Waals surface area contributed by atoms with Crippen molar-refractivity contribution < 1.29 is 4.79 Å². The van der Waals surface area contributed by atoms with Gasteiger partial charge in [-0.15, -0.1) is 0 Å². The molecule has 1 atom stereocenters. The van der Waals surface area contributed by atoms with E-state index in [0.717, 1.165) is 36.9 Å². The number of hydrogen-bond donors (Lipinski definition) is 0. The van der Waals surface area contributed by atoms with Gasteiger partial charge in [-0.2, -0.15) is 0 Å². The molecule has 21 heavy (non-hydrogen) atoms. The van der Waals surface area contributed by atoms with E-state index in [9.17, 15) is 4.79 Å². The molecule has 1 aromatic rings. The van der Waals surface area contributed by atoms with Crippen molar-refractivity contribution in [3.05, 3.63) is 41.5 Å². The minimum atomic E-state index is 0.229. The molecule has 3 rings (SSSR count). The van der Waals surface area contributed by atoms with Gasteiger partial charge in [-0.3, -0.25) is 4.79 Å². The lowest BCUT2D eigenvalue weighted by Crippen LogP contribution is -2.38. The summed E-state index contributed by atoms with van der Waals surface area (Å²) in [6.07, 6.45) is 9.23. The Balaban J connectivity index is 1.67. The number of allylic oxidation sites excluding steroid dienone is 1. The van der Waals surface area contributed by atoms with Gasteiger partial charge in [0.05, 0.1) is 0 Å². The number of ketones is 1. The van der Waals surface area contributed by atoms with Gasteiger partial charge in [0, 0.05) is 12.5 Å². The second-order valence-electron chi connectivity index (χ2n) is 6.39. The van der Waals surface area contributed by atoms with Crippen molar-refractivity contribution >= 4 is 11.9 Å². The van der Waals surface area contributed by atoms with E-state index in [4.69, 9.17) is 0 Å². The lowest BCUT2D eigenvalue weighted by molar-refractivity contribution is -0.121. The van der Waals surface area contributed by atoms with Crippen molar-refractivity contribution in [3.8, 4) is 0 Å². The standard InChI is InChI=1S/C19H25NO/c21-19-17(14-16-8-3-1-4-9-16)10-7-11-18(19)15-20-12-5-2-6-13-20/h1,3-4,8-9,14,18H,2,5-7,10-13,15H2/b17-14+/t18-/m0/s1. The van der Waals surface area contributed by atoms with Crippen LogP contribution in [0, 0.1) is 5.92 Å². The Morgan fingerprint density at radius 1 is 1.05 bits per heavy atom. The highest BCUT2D eigenvalue weighted by atomic mass is 16.1. The maximum absolute atomic E-state index is 12.7. The number of carbonyl (C=O) groups excluding carboxylic acids is 1. The summed E-state index contributed by atoms with van der Waals surface area (Å²) in [5.41, 5.74) is 2.19. The van der Waals surface area contributed by atoms with Gasteiger partial charge in [0.2, 0.25) is 0 Å². The molecule has 1 aliphatic heterocycles. The number of likely N-dealkylation sites (tertiary alicyclic amines) is 1. The topological polar surface area (TPSA) is 20.3 Å². The molecular formula is C19H25NO. The summed E-state index contributed by atoms with van der Waals surface area (Å²) in [4.78, 5) is 15.2. The van der Waals surface area contributed by atoms with Gasteiger partial charge >= 0.3 is 0 Å². The van der Waals surface area contributed by atoms with Crippen LogP contribution in [0.3, 0.4) is 0 Å². The van der Waals surface area contributed by atoms with Crippen molar-refractivity contribution in [2.24, 2.45) is 5.92 Å². The summed E-state index contributed by atoms with van der Waals surface area (Å²) in [7, 11) is 0. The van der Waals surface area contributed by atoms with Gasteiger partial charge in [0.15, 0.2) is 5.78 Å². The Bertz CT molecular complexity index is 500. The average molecular weight is 283 g/mol. The van der Waals surface area contributed by atoms with E-state index < -0.39 is 0 Å². The van der Waals surface area contributed by atoms with E-state index in [2.05, 4.69) is 23.1 Å². The molecule has 2 aliphatic rings. The van der Waals surface area contributed by atoms with E-state index in [1.807, 2.05) is 18.2 Å². The first-order valence-corrected chi connectivity index (χ1v) is 8.35. The van der Waals surface area contributed by atoms with Gasteiger partial charge in [0.1, 0.15) is 0 Å². The highest BCUT2D eigenvalue weighted by Crippen LogP contribution is 2.28. The van der Waals surface area contributed by atoms with E-state index in [-0.39, 0.29) is 5.92 Å². The molecule has 1 aromatic carbocycles. The number of hydrogen-bond acceptors (Lipinski definition) is 2. The highest BCUT2D eigenvalue weighted by molar-refractivity contribution is 6.01. The molecule has 2 nitrogen and oxygen atoms in total. The maximum atomic E-state index is 12.7. The number of piperidine rings is 1. The SMILES string of the molecule is O=C1/C(=C/c2ccccc2)CCC[C@H]1CN1CCCCC1. The Hall–Kier alpha value is -1.41. The van der Waals surface area contributed by atoms with Crippen LogP contribution in [0.25, 0.3) is 6.08 Å². The minimum absolute atomic E-state index is 0.229. The maximum Gasteiger partial charge on any atom is 0.163 e. The molecule has 0 aromatic heterocycles. The van der Waals surface area contributed by atoms with Crippen molar-refractivity contribution in [2.45, 2.75) is 38.5 Å². The smallest absolute Gasteiger partial charge is 0.163 e. The van der Waals surface area contributed by atoms with Crippen molar-refractivity contribution in [1.29, 1.82) is 0 Å². The fourth-order valence-electron chi connectivity index (χ4n) is 3.58. The number of benzene rings is 1. The molecule has 1 heterocycles. The number of nitrogens with zero attached hydrogens (tertiary/aromatic N) is 1. The molecule has 1 saturated heterocycles. The van der Waals surface area contributed by atoms with Crippen LogP contribution in [0.5, 0.6) is 0 Å². The minimum Gasteiger partial charge on any atom is -0.303 e. The predicted molar refractivity (Wildman–Crippen MR) is 87.1 cm³/mol. The molecule has 0 bridgehead atoms. The molecule has 2 heteroatoms. The summed E-state index contributed by atoms with van der Waals surface area (Å²) >= 11 is 0. The molecule has 0 N–H and O–H groups in total. The normalized spacial score (nSPS) is 26.2. The third kappa shape index (κ3) is 3.82. The van der Waals surface area contributed by atoms with Crippen LogP contribution in [-0.4, -0.2) is 30.3 Å². The van der Waals surface area contributed by atoms with Crippen molar-refractivity contribution in [2.75, 3.05) is 19.6 Å². The average Bonchev–Trinajstić information content (AvgIpc) is 2.53. The van der Waals surface area contributed by atoms with Crippen LogP contribution in [0.15, 0.2) is 35.9 Å². The number of Topliss-reactive ketones (excluding diaryl/α,β-unsaturated/α-hetero) is 1. The first-order chi connectivity index (χ1) is 10.3. The van der Waals surface area contributed by atoms with Crippen LogP contribution in [0.4, 0.5) is 0 Å².